The number of carbonyl (C=O) groups is 1. The lowest BCUT2D eigenvalue weighted by molar-refractivity contribution is -0.0406. The highest BCUT2D eigenvalue weighted by Crippen LogP contribution is 2.60. The average molecular weight is 884 g/mol. The van der Waals surface area contributed by atoms with E-state index in [0.717, 1.165) is 29.6 Å². The molecular formula is C50H64F3N5O4Si. The second kappa shape index (κ2) is 17.2. The van der Waals surface area contributed by atoms with E-state index >= 15 is 13.2 Å². The number of hydrogen-bond acceptors (Lipinski definition) is 8. The summed E-state index contributed by atoms with van der Waals surface area (Å²) in [6.07, 6.45) is 6.00. The molecule has 1 spiro atoms. The Morgan fingerprint density at radius 1 is 0.952 bits per heavy atom. The number of allylic oxidation sites excluding steroid dienone is 1. The van der Waals surface area contributed by atoms with E-state index in [1.165, 1.54) is 12.1 Å². The minimum absolute atomic E-state index is 0.0378. The van der Waals surface area contributed by atoms with Crippen molar-refractivity contribution in [3.05, 3.63) is 102 Å². The van der Waals surface area contributed by atoms with E-state index in [0.29, 0.717) is 32.1 Å². The molecule has 0 aromatic heterocycles. The number of aliphatic imine (C=N–C) groups is 1. The molecule has 5 aliphatic rings. The molecule has 1 N–H and O–H groups in total. The zero-order chi connectivity index (χ0) is 45.0. The Bertz CT molecular complexity index is 2150. The third-order valence-electron chi connectivity index (χ3n) is 13.9. The van der Waals surface area contributed by atoms with Gasteiger partial charge in [-0.1, -0.05) is 101 Å². The molecular weight excluding hydrogens is 820 g/mol. The predicted molar refractivity (Wildman–Crippen MR) is 244 cm³/mol. The lowest BCUT2D eigenvalue weighted by Crippen LogP contribution is -2.67. The van der Waals surface area contributed by atoms with Gasteiger partial charge in [-0.2, -0.15) is 5.11 Å². The Morgan fingerprint density at radius 3 is 2.16 bits per heavy atom. The first-order valence-electron chi connectivity index (χ1n) is 22.8. The number of alkyl halides is 1. The molecule has 3 aromatic carbocycles. The Kier molecular flexibility index (Phi) is 12.4. The third-order valence-corrected chi connectivity index (χ3v) is 18.9. The summed E-state index contributed by atoms with van der Waals surface area (Å²) < 4.78 is 70.9. The first kappa shape index (κ1) is 45.2. The highest BCUT2D eigenvalue weighted by Gasteiger charge is 2.63. The van der Waals surface area contributed by atoms with E-state index in [1.54, 1.807) is 11.8 Å². The van der Waals surface area contributed by atoms with Gasteiger partial charge in [-0.15, -0.1) is 5.11 Å². The summed E-state index contributed by atoms with van der Waals surface area (Å²) >= 11 is 0. The number of carbonyl (C=O) groups excluding carboxylic acids is 1. The van der Waals surface area contributed by atoms with Crippen LogP contribution in [-0.4, -0.2) is 87.5 Å². The molecule has 3 aromatic rings. The number of azo groups is 1. The van der Waals surface area contributed by atoms with Crippen LogP contribution in [0.4, 0.5) is 23.7 Å². The molecule has 1 amide bonds. The Labute approximate surface area is 372 Å². The van der Waals surface area contributed by atoms with Crippen molar-refractivity contribution in [2.75, 3.05) is 38.2 Å². The SMILES string of the molecule is C[C@H]1CN=C2N=NC(C3CCCCO3)C23C=C[C@H](c2c(F)cc(NC4CN(C(=O)OC(C)(C)C)C4)cc2F)C(CC(C)(F)CO[Si](c2ccccc2)(c2ccccc2)C(C)(C)C)C13. The van der Waals surface area contributed by atoms with Crippen molar-refractivity contribution in [2.24, 2.45) is 38.4 Å². The van der Waals surface area contributed by atoms with E-state index in [-0.39, 0.29) is 53.3 Å². The summed E-state index contributed by atoms with van der Waals surface area (Å²) in [5.74, 6) is -2.67. The van der Waals surface area contributed by atoms with Gasteiger partial charge in [0.25, 0.3) is 8.32 Å². The van der Waals surface area contributed by atoms with Gasteiger partial charge in [-0.05, 0) is 98.7 Å². The van der Waals surface area contributed by atoms with Crippen molar-refractivity contribution < 1.29 is 31.9 Å². The second-order valence-corrected chi connectivity index (χ2v) is 25.2. The van der Waals surface area contributed by atoms with Gasteiger partial charge < -0.3 is 24.1 Å². The van der Waals surface area contributed by atoms with Gasteiger partial charge in [0.2, 0.25) is 0 Å². The molecule has 0 saturated carbocycles. The normalized spacial score (nSPS) is 28.4. The average Bonchev–Trinajstić information content (AvgIpc) is 3.58. The highest BCUT2D eigenvalue weighted by atomic mass is 28.4. The monoisotopic (exact) mass is 883 g/mol. The predicted octanol–water partition coefficient (Wildman–Crippen LogP) is 10.0. The quantitative estimate of drug-likeness (QED) is 0.153. The summed E-state index contributed by atoms with van der Waals surface area (Å²) in [4.78, 5) is 19.1. The molecule has 8 rings (SSSR count). The van der Waals surface area contributed by atoms with Crippen LogP contribution in [0.25, 0.3) is 0 Å². The van der Waals surface area contributed by atoms with Crippen LogP contribution >= 0.6 is 0 Å². The first-order chi connectivity index (χ1) is 29.8. The van der Waals surface area contributed by atoms with Gasteiger partial charge in [0, 0.05) is 43.4 Å². The number of hydrogen-bond donors (Lipinski definition) is 1. The fraction of sp³-hybridized carbons (Fsp3) is 0.560. The molecule has 9 nitrogen and oxygen atoms in total. The molecule has 2 saturated heterocycles. The molecule has 63 heavy (non-hydrogen) atoms. The number of halogens is 3. The summed E-state index contributed by atoms with van der Waals surface area (Å²) in [7, 11) is -3.14. The van der Waals surface area contributed by atoms with E-state index in [1.807, 2.05) is 69.3 Å². The van der Waals surface area contributed by atoms with Crippen molar-refractivity contribution in [1.82, 2.24) is 4.90 Å². The molecule has 13 heteroatoms. The maximum atomic E-state index is 18.2. The number of likely N-dealkylation sites (tertiary alicyclic amines) is 1. The Morgan fingerprint density at radius 2 is 1.59 bits per heavy atom. The van der Waals surface area contributed by atoms with E-state index < -0.39 is 60.6 Å². The number of nitrogens with one attached hydrogen (secondary N) is 1. The van der Waals surface area contributed by atoms with Crippen molar-refractivity contribution in [3.63, 3.8) is 0 Å². The van der Waals surface area contributed by atoms with Gasteiger partial charge in [0.1, 0.15) is 28.9 Å². The van der Waals surface area contributed by atoms with Crippen molar-refractivity contribution in [2.45, 2.75) is 121 Å². The zero-order valence-corrected chi connectivity index (χ0v) is 39.0. The lowest BCUT2D eigenvalue weighted by atomic mass is 9.51. The summed E-state index contributed by atoms with van der Waals surface area (Å²) in [5.41, 5.74) is -3.22. The van der Waals surface area contributed by atoms with Crippen molar-refractivity contribution >= 4 is 36.3 Å². The fourth-order valence-corrected chi connectivity index (χ4v) is 15.9. The largest absolute Gasteiger partial charge is 0.444 e. The van der Waals surface area contributed by atoms with Crippen molar-refractivity contribution in [1.29, 1.82) is 0 Å². The standard InChI is InChI=1S/C50H64F3N5O4Si/c1-32-28-54-45-50(44(56-57-45)41-21-15-16-24-60-41)23-22-37(42-39(51)25-33(26-40(42)52)55-34-29-58(30-34)46(59)62-47(2,3)4)38(43(32)50)27-49(8,53)31-61-63(48(5,6)7,35-17-11-9-12-18-35)36-19-13-10-14-20-36/h9-14,17-20,22-23,25-26,32,34,37-38,41,43-44,55H,15-16,21,24,27-31H2,1-8H3/t32-,37-,38?,41?,43?,44?,49?,50?/m0/s1. The number of rotatable bonds is 11. The maximum absolute atomic E-state index is 18.2. The Hall–Kier alpha value is -4.33. The number of anilines is 1. The van der Waals surface area contributed by atoms with Crippen LogP contribution < -0.4 is 15.7 Å². The van der Waals surface area contributed by atoms with Crippen LogP contribution in [0.3, 0.4) is 0 Å². The summed E-state index contributed by atoms with van der Waals surface area (Å²) in [6.45, 7) is 17.1. The molecule has 8 atom stereocenters. The zero-order valence-electron chi connectivity index (χ0n) is 38.0. The molecule has 1 aliphatic carbocycles. The molecule has 6 unspecified atom stereocenters. The van der Waals surface area contributed by atoms with Gasteiger partial charge in [0.05, 0.1) is 24.2 Å². The maximum Gasteiger partial charge on any atom is 0.410 e. The van der Waals surface area contributed by atoms with Crippen LogP contribution in [0.5, 0.6) is 0 Å². The fourth-order valence-electron chi connectivity index (χ4n) is 11.2. The Balaban J connectivity index is 1.15. The molecule has 0 radical (unpaired) electrons. The van der Waals surface area contributed by atoms with E-state index in [4.69, 9.17) is 24.0 Å². The van der Waals surface area contributed by atoms with Gasteiger partial charge >= 0.3 is 6.09 Å². The molecule has 4 heterocycles. The third kappa shape index (κ3) is 8.66. The van der Waals surface area contributed by atoms with Crippen LogP contribution in [0.15, 0.2) is 100 Å². The molecule has 4 aliphatic heterocycles. The number of ether oxygens (including phenoxy) is 2. The van der Waals surface area contributed by atoms with Crippen LogP contribution in [0.1, 0.15) is 92.6 Å². The highest BCUT2D eigenvalue weighted by molar-refractivity contribution is 6.99. The lowest BCUT2D eigenvalue weighted by Gasteiger charge is -2.54. The van der Waals surface area contributed by atoms with Crippen molar-refractivity contribution in [3.8, 4) is 0 Å². The van der Waals surface area contributed by atoms with Crippen LogP contribution in [0, 0.1) is 34.8 Å². The van der Waals surface area contributed by atoms with Gasteiger partial charge in [-0.3, -0.25) is 4.99 Å². The number of amidine groups is 1. The smallest absolute Gasteiger partial charge is 0.410 e. The van der Waals surface area contributed by atoms with E-state index in [2.05, 4.69) is 62.4 Å². The summed E-state index contributed by atoms with van der Waals surface area (Å²) in [5, 5.41) is 14.4. The first-order valence-corrected chi connectivity index (χ1v) is 24.7. The topological polar surface area (TPSA) is 97.1 Å². The molecule has 2 fully saturated rings. The molecule has 338 valence electrons. The second-order valence-electron chi connectivity index (χ2n) is 20.9. The van der Waals surface area contributed by atoms with Gasteiger partial charge in [0.15, 0.2) is 5.84 Å². The minimum Gasteiger partial charge on any atom is -0.444 e. The number of benzene rings is 3. The van der Waals surface area contributed by atoms with Crippen LogP contribution in [-0.2, 0) is 13.9 Å². The number of amides is 1. The summed E-state index contributed by atoms with van der Waals surface area (Å²) in [6, 6.07) is 22.4. The number of nitrogens with zero attached hydrogens (tertiary/aromatic N) is 4. The minimum atomic E-state index is -3.14. The van der Waals surface area contributed by atoms with Gasteiger partial charge in [-0.25, -0.2) is 18.0 Å². The molecule has 0 bridgehead atoms. The van der Waals surface area contributed by atoms with Crippen LogP contribution in [0.2, 0.25) is 5.04 Å². The van der Waals surface area contributed by atoms with E-state index in [9.17, 15) is 4.79 Å².